The summed E-state index contributed by atoms with van der Waals surface area (Å²) in [5.74, 6) is 5.34. The lowest BCUT2D eigenvalue weighted by Crippen LogP contribution is -2.13. The van der Waals surface area contributed by atoms with Crippen LogP contribution >= 0.6 is 0 Å². The van der Waals surface area contributed by atoms with Crippen molar-refractivity contribution in [3.63, 3.8) is 0 Å². The Labute approximate surface area is 110 Å². The largest absolute Gasteiger partial charge is 0.364 e. The average molecular weight is 255 g/mol. The van der Waals surface area contributed by atoms with E-state index in [4.69, 9.17) is 5.73 Å². The summed E-state index contributed by atoms with van der Waals surface area (Å²) in [6, 6.07) is 7.11. The van der Waals surface area contributed by atoms with Crippen LogP contribution in [0.5, 0.6) is 0 Å². The normalized spacial score (nSPS) is 9.58. The SMILES string of the molecule is Cc1ccc(C#CCN)c(NC(=O)c2ccon2)c1. The Morgan fingerprint density at radius 2 is 2.32 bits per heavy atom. The minimum Gasteiger partial charge on any atom is -0.364 e. The molecule has 96 valence electrons. The summed E-state index contributed by atoms with van der Waals surface area (Å²) in [6.07, 6.45) is 1.35. The number of aryl methyl sites for hydroxylation is 1. The first kappa shape index (κ1) is 12.9. The number of benzene rings is 1. The molecule has 0 saturated heterocycles. The summed E-state index contributed by atoms with van der Waals surface area (Å²) in [4.78, 5) is 11.9. The van der Waals surface area contributed by atoms with E-state index in [1.165, 1.54) is 12.3 Å². The highest BCUT2D eigenvalue weighted by Crippen LogP contribution is 2.17. The van der Waals surface area contributed by atoms with Crippen molar-refractivity contribution in [2.24, 2.45) is 5.73 Å². The van der Waals surface area contributed by atoms with Gasteiger partial charge in [0.05, 0.1) is 12.2 Å². The van der Waals surface area contributed by atoms with Gasteiger partial charge in [0, 0.05) is 11.6 Å². The van der Waals surface area contributed by atoms with Crippen LogP contribution in [0.15, 0.2) is 35.1 Å². The second-order valence-corrected chi connectivity index (χ2v) is 3.89. The maximum absolute atomic E-state index is 11.9. The molecular formula is C14H13N3O2. The molecule has 3 N–H and O–H groups in total. The van der Waals surface area contributed by atoms with Gasteiger partial charge in [-0.05, 0) is 24.6 Å². The van der Waals surface area contributed by atoms with E-state index >= 15 is 0 Å². The number of hydrogen-bond acceptors (Lipinski definition) is 4. The first-order valence-corrected chi connectivity index (χ1v) is 5.72. The fourth-order valence-corrected chi connectivity index (χ4v) is 1.53. The summed E-state index contributed by atoms with van der Waals surface area (Å²) < 4.78 is 4.64. The molecule has 0 aliphatic heterocycles. The van der Waals surface area contributed by atoms with Gasteiger partial charge in [0.25, 0.3) is 5.91 Å². The Kier molecular flexibility index (Phi) is 3.96. The molecule has 0 aliphatic rings. The van der Waals surface area contributed by atoms with Crippen molar-refractivity contribution in [2.45, 2.75) is 6.92 Å². The topological polar surface area (TPSA) is 81.1 Å². The highest BCUT2D eigenvalue weighted by molar-refractivity contribution is 6.03. The Bertz CT molecular complexity index is 636. The minimum absolute atomic E-state index is 0.222. The van der Waals surface area contributed by atoms with Crippen molar-refractivity contribution in [3.05, 3.63) is 47.3 Å². The molecule has 0 unspecified atom stereocenters. The van der Waals surface area contributed by atoms with Gasteiger partial charge in [-0.25, -0.2) is 0 Å². The Hall–Kier alpha value is -2.58. The van der Waals surface area contributed by atoms with Gasteiger partial charge in [-0.15, -0.1) is 0 Å². The van der Waals surface area contributed by atoms with Crippen LogP contribution in [0, 0.1) is 18.8 Å². The summed E-state index contributed by atoms with van der Waals surface area (Å²) in [5, 5.41) is 6.34. The fourth-order valence-electron chi connectivity index (χ4n) is 1.53. The molecule has 1 aromatic heterocycles. The molecular weight excluding hydrogens is 242 g/mol. The highest BCUT2D eigenvalue weighted by Gasteiger charge is 2.11. The number of rotatable bonds is 2. The summed E-state index contributed by atoms with van der Waals surface area (Å²) in [6.45, 7) is 2.20. The van der Waals surface area contributed by atoms with E-state index in [0.717, 1.165) is 5.56 Å². The third-order valence-corrected chi connectivity index (χ3v) is 2.42. The number of anilines is 1. The molecule has 1 heterocycles. The molecule has 5 heteroatoms. The van der Waals surface area contributed by atoms with Gasteiger partial charge in [-0.2, -0.15) is 0 Å². The van der Waals surface area contributed by atoms with Gasteiger partial charge in [0.15, 0.2) is 5.69 Å². The average Bonchev–Trinajstić information content (AvgIpc) is 2.92. The molecule has 0 aliphatic carbocycles. The standard InChI is InChI=1S/C14H13N3O2/c1-10-4-5-11(3-2-7-15)13(9-10)16-14(18)12-6-8-19-17-12/h4-6,8-9H,7,15H2,1H3,(H,16,18). The molecule has 2 rings (SSSR count). The van der Waals surface area contributed by atoms with Gasteiger partial charge < -0.3 is 15.6 Å². The van der Waals surface area contributed by atoms with E-state index in [9.17, 15) is 4.79 Å². The van der Waals surface area contributed by atoms with Crippen LogP contribution in [0.1, 0.15) is 21.6 Å². The van der Waals surface area contributed by atoms with E-state index in [1.54, 1.807) is 0 Å². The second kappa shape index (κ2) is 5.85. The van der Waals surface area contributed by atoms with Crippen LogP contribution in [-0.2, 0) is 0 Å². The molecule has 19 heavy (non-hydrogen) atoms. The van der Waals surface area contributed by atoms with E-state index in [2.05, 4.69) is 26.8 Å². The first-order valence-electron chi connectivity index (χ1n) is 5.72. The van der Waals surface area contributed by atoms with Gasteiger partial charge in [0.2, 0.25) is 0 Å². The van der Waals surface area contributed by atoms with Crippen molar-refractivity contribution >= 4 is 11.6 Å². The monoisotopic (exact) mass is 255 g/mol. The van der Waals surface area contributed by atoms with Crippen LogP contribution in [0.25, 0.3) is 0 Å². The van der Waals surface area contributed by atoms with Crippen LogP contribution in [0.2, 0.25) is 0 Å². The molecule has 1 aromatic carbocycles. The Morgan fingerprint density at radius 3 is 3.00 bits per heavy atom. The minimum atomic E-state index is -0.338. The number of amides is 1. The molecule has 1 amide bonds. The van der Waals surface area contributed by atoms with Gasteiger partial charge in [0.1, 0.15) is 6.26 Å². The Morgan fingerprint density at radius 1 is 1.47 bits per heavy atom. The highest BCUT2D eigenvalue weighted by atomic mass is 16.5. The fraction of sp³-hybridized carbons (Fsp3) is 0.143. The van der Waals surface area contributed by atoms with Crippen molar-refractivity contribution in [2.75, 3.05) is 11.9 Å². The van der Waals surface area contributed by atoms with Crippen LogP contribution in [0.4, 0.5) is 5.69 Å². The molecule has 5 nitrogen and oxygen atoms in total. The first-order chi connectivity index (χ1) is 9.20. The van der Waals surface area contributed by atoms with Gasteiger partial charge in [-0.3, -0.25) is 4.79 Å². The number of aromatic nitrogens is 1. The maximum Gasteiger partial charge on any atom is 0.277 e. The summed E-state index contributed by atoms with van der Waals surface area (Å²) in [7, 11) is 0. The number of nitrogens with two attached hydrogens (primary N) is 1. The van der Waals surface area contributed by atoms with Crippen molar-refractivity contribution in [3.8, 4) is 11.8 Å². The molecule has 0 radical (unpaired) electrons. The quantitative estimate of drug-likeness (QED) is 0.798. The zero-order valence-electron chi connectivity index (χ0n) is 10.4. The third kappa shape index (κ3) is 3.21. The van der Waals surface area contributed by atoms with E-state index in [1.807, 2.05) is 25.1 Å². The molecule has 0 spiro atoms. The predicted octanol–water partition coefficient (Wildman–Crippen LogP) is 1.55. The number of nitrogens with zero attached hydrogens (tertiary/aromatic N) is 1. The lowest BCUT2D eigenvalue weighted by Gasteiger charge is -2.07. The zero-order chi connectivity index (χ0) is 13.7. The lowest BCUT2D eigenvalue weighted by atomic mass is 10.1. The molecule has 0 fully saturated rings. The van der Waals surface area contributed by atoms with Crippen molar-refractivity contribution in [1.29, 1.82) is 0 Å². The van der Waals surface area contributed by atoms with Crippen LogP contribution in [0.3, 0.4) is 0 Å². The number of nitrogens with one attached hydrogen (secondary N) is 1. The lowest BCUT2D eigenvalue weighted by molar-refractivity contribution is 0.101. The van der Waals surface area contributed by atoms with Crippen LogP contribution in [-0.4, -0.2) is 17.6 Å². The van der Waals surface area contributed by atoms with E-state index in [-0.39, 0.29) is 18.1 Å². The molecule has 0 atom stereocenters. The van der Waals surface area contributed by atoms with Gasteiger partial charge in [-0.1, -0.05) is 23.1 Å². The van der Waals surface area contributed by atoms with E-state index < -0.39 is 0 Å². The van der Waals surface area contributed by atoms with E-state index in [0.29, 0.717) is 11.3 Å². The number of carbonyl (C=O) groups excluding carboxylic acids is 1. The molecule has 0 bridgehead atoms. The number of hydrogen-bond donors (Lipinski definition) is 2. The second-order valence-electron chi connectivity index (χ2n) is 3.89. The predicted molar refractivity (Wildman–Crippen MR) is 71.6 cm³/mol. The number of carbonyl (C=O) groups is 1. The maximum atomic E-state index is 11.9. The Balaban J connectivity index is 2.28. The zero-order valence-corrected chi connectivity index (χ0v) is 10.4. The van der Waals surface area contributed by atoms with Crippen molar-refractivity contribution in [1.82, 2.24) is 5.16 Å². The third-order valence-electron chi connectivity index (χ3n) is 2.42. The summed E-state index contributed by atoms with van der Waals surface area (Å²) in [5.41, 5.74) is 7.94. The molecule has 2 aromatic rings. The van der Waals surface area contributed by atoms with Gasteiger partial charge >= 0.3 is 0 Å². The van der Waals surface area contributed by atoms with Crippen molar-refractivity contribution < 1.29 is 9.32 Å². The summed E-state index contributed by atoms with van der Waals surface area (Å²) >= 11 is 0. The smallest absolute Gasteiger partial charge is 0.277 e. The molecule has 0 saturated carbocycles. The van der Waals surface area contributed by atoms with Crippen LogP contribution < -0.4 is 11.1 Å².